The number of nitrogens with one attached hydrogen (secondary N) is 1. The molecule has 3 atom stereocenters. The highest BCUT2D eigenvalue weighted by molar-refractivity contribution is 7.47. The van der Waals surface area contributed by atoms with E-state index < -0.39 is 20.0 Å². The summed E-state index contributed by atoms with van der Waals surface area (Å²) in [5.41, 5.74) is 5.34. The topological polar surface area (TPSA) is 131 Å². The lowest BCUT2D eigenvalue weighted by Gasteiger charge is -2.25. The number of nitrogens with two attached hydrogens (primary N) is 1. The van der Waals surface area contributed by atoms with Crippen molar-refractivity contribution in [3.63, 3.8) is 0 Å². The first-order chi connectivity index (χ1) is 19.9. The van der Waals surface area contributed by atoms with E-state index in [2.05, 4.69) is 19.2 Å². The molecule has 0 bridgehead atoms. The molecule has 9 heteroatoms. The summed E-state index contributed by atoms with van der Waals surface area (Å²) in [7, 11) is -4.29. The predicted octanol–water partition coefficient (Wildman–Crippen LogP) is 8.33. The van der Waals surface area contributed by atoms with Gasteiger partial charge in [-0.25, -0.2) is 4.57 Å². The van der Waals surface area contributed by atoms with Crippen LogP contribution in [-0.2, 0) is 18.4 Å². The highest BCUT2D eigenvalue weighted by atomic mass is 31.2. The fourth-order valence-corrected chi connectivity index (χ4v) is 5.84. The summed E-state index contributed by atoms with van der Waals surface area (Å²) in [6.07, 6.45) is 26.7. The van der Waals surface area contributed by atoms with Gasteiger partial charge in [0.1, 0.15) is 0 Å². The lowest BCUT2D eigenvalue weighted by molar-refractivity contribution is -0.123. The molecule has 5 N–H and O–H groups in total. The second kappa shape index (κ2) is 29.6. The van der Waals surface area contributed by atoms with Crippen LogP contribution in [0.4, 0.5) is 0 Å². The Bertz CT molecular complexity index is 625. The van der Waals surface area contributed by atoms with Crippen LogP contribution in [0.3, 0.4) is 0 Å². The molecule has 0 saturated carbocycles. The third kappa shape index (κ3) is 28.1. The number of phosphoric ester groups is 1. The van der Waals surface area contributed by atoms with E-state index in [4.69, 9.17) is 14.8 Å². The van der Waals surface area contributed by atoms with Crippen LogP contribution in [0.25, 0.3) is 0 Å². The number of carbonyl (C=O) groups excluding carboxylic acids is 1. The van der Waals surface area contributed by atoms with E-state index >= 15 is 0 Å². The quantitative estimate of drug-likeness (QED) is 0.0447. The molecule has 0 heterocycles. The average molecular weight is 607 g/mol. The predicted molar refractivity (Wildman–Crippen MR) is 171 cm³/mol. The Hall–Kier alpha value is -0.500. The van der Waals surface area contributed by atoms with Crippen LogP contribution in [-0.4, -0.2) is 47.8 Å². The molecule has 0 spiro atoms. The van der Waals surface area contributed by atoms with Gasteiger partial charge in [-0.15, -0.1) is 0 Å². The van der Waals surface area contributed by atoms with Crippen LogP contribution in [0.1, 0.15) is 168 Å². The van der Waals surface area contributed by atoms with Crippen molar-refractivity contribution in [2.24, 2.45) is 5.73 Å². The Labute approximate surface area is 252 Å². The summed E-state index contributed by atoms with van der Waals surface area (Å²) in [4.78, 5) is 22.5. The fraction of sp³-hybridized carbons (Fsp3) is 0.969. The van der Waals surface area contributed by atoms with E-state index in [0.717, 1.165) is 38.5 Å². The minimum atomic E-state index is -4.29. The highest BCUT2D eigenvalue weighted by Crippen LogP contribution is 2.43. The van der Waals surface area contributed by atoms with Crippen LogP contribution in [0, 0.1) is 0 Å². The molecule has 0 aromatic carbocycles. The number of rotatable bonds is 32. The lowest BCUT2D eigenvalue weighted by Crippen LogP contribution is -2.46. The van der Waals surface area contributed by atoms with Gasteiger partial charge in [-0.3, -0.25) is 13.8 Å². The van der Waals surface area contributed by atoms with Crippen molar-refractivity contribution < 1.29 is 28.4 Å². The van der Waals surface area contributed by atoms with Crippen molar-refractivity contribution in [2.75, 3.05) is 19.8 Å². The Balaban J connectivity index is 4.30. The number of hydrogen-bond acceptors (Lipinski definition) is 6. The summed E-state index contributed by atoms with van der Waals surface area (Å²) in [5.74, 6) is -0.164. The zero-order valence-electron chi connectivity index (χ0n) is 26.8. The zero-order chi connectivity index (χ0) is 30.4. The van der Waals surface area contributed by atoms with Crippen LogP contribution >= 0.6 is 7.82 Å². The molecule has 246 valence electrons. The SMILES string of the molecule is CCCCCCCCCCCCCC[C@@H](O)[C@H](COP(=O)(O)OCCN)NC(=O)CCCCCCCCCCCC. The van der Waals surface area contributed by atoms with Crippen LogP contribution in [0.15, 0.2) is 0 Å². The van der Waals surface area contributed by atoms with Gasteiger partial charge in [0.25, 0.3) is 0 Å². The van der Waals surface area contributed by atoms with E-state index in [1.165, 1.54) is 103 Å². The summed E-state index contributed by atoms with van der Waals surface area (Å²) in [6, 6.07) is -0.764. The highest BCUT2D eigenvalue weighted by Gasteiger charge is 2.27. The standard InChI is InChI=1S/C32H67N2O6P/c1-3-5-7-9-11-13-15-16-17-19-21-23-25-31(35)30(29-40-41(37,38)39-28-27-33)34-32(36)26-24-22-20-18-14-12-10-8-6-4-2/h30-31,35H,3-29,33H2,1-2H3,(H,34,36)(H,37,38)/t30-,31+/m0/s1. The summed E-state index contributed by atoms with van der Waals surface area (Å²) in [5, 5.41) is 13.7. The van der Waals surface area contributed by atoms with Crippen molar-refractivity contribution in [3.05, 3.63) is 0 Å². The Morgan fingerprint density at radius 1 is 0.707 bits per heavy atom. The summed E-state index contributed by atoms with van der Waals surface area (Å²) in [6.45, 7) is 4.17. The number of amides is 1. The van der Waals surface area contributed by atoms with Crippen molar-refractivity contribution in [2.45, 2.75) is 180 Å². The third-order valence-electron chi connectivity index (χ3n) is 7.71. The number of phosphoric acid groups is 1. The molecule has 8 nitrogen and oxygen atoms in total. The molecule has 0 aliphatic carbocycles. The molecule has 1 amide bonds. The molecular formula is C32H67N2O6P. The van der Waals surface area contributed by atoms with Gasteiger partial charge in [0.05, 0.1) is 25.4 Å². The number of unbranched alkanes of at least 4 members (excludes halogenated alkanes) is 20. The fourth-order valence-electron chi connectivity index (χ4n) is 5.08. The molecule has 0 aromatic rings. The average Bonchev–Trinajstić information content (AvgIpc) is 2.95. The molecule has 0 aromatic heterocycles. The van der Waals surface area contributed by atoms with E-state index in [1.807, 2.05) is 0 Å². The van der Waals surface area contributed by atoms with E-state index in [9.17, 15) is 19.4 Å². The minimum Gasteiger partial charge on any atom is -0.391 e. The van der Waals surface area contributed by atoms with Gasteiger partial charge in [-0.1, -0.05) is 149 Å². The normalized spacial score (nSPS) is 14.6. The van der Waals surface area contributed by atoms with Gasteiger partial charge in [0.15, 0.2) is 0 Å². The first-order valence-electron chi connectivity index (χ1n) is 17.2. The van der Waals surface area contributed by atoms with Crippen LogP contribution < -0.4 is 11.1 Å². The first-order valence-corrected chi connectivity index (χ1v) is 18.6. The third-order valence-corrected chi connectivity index (χ3v) is 8.70. The van der Waals surface area contributed by atoms with Crippen molar-refractivity contribution >= 4 is 13.7 Å². The maximum atomic E-state index is 12.6. The first kappa shape index (κ1) is 40.5. The van der Waals surface area contributed by atoms with E-state index in [0.29, 0.717) is 12.8 Å². The second-order valence-corrected chi connectivity index (χ2v) is 13.2. The number of hydrogen-bond donors (Lipinski definition) is 4. The van der Waals surface area contributed by atoms with Crippen molar-refractivity contribution in [3.8, 4) is 0 Å². The van der Waals surface area contributed by atoms with Gasteiger partial charge in [0.2, 0.25) is 5.91 Å². The van der Waals surface area contributed by atoms with Crippen molar-refractivity contribution in [1.82, 2.24) is 5.32 Å². The largest absolute Gasteiger partial charge is 0.472 e. The molecular weight excluding hydrogens is 539 g/mol. The number of aliphatic hydroxyl groups is 1. The molecule has 41 heavy (non-hydrogen) atoms. The Morgan fingerprint density at radius 3 is 1.56 bits per heavy atom. The second-order valence-electron chi connectivity index (χ2n) is 11.7. The van der Waals surface area contributed by atoms with Crippen molar-refractivity contribution in [1.29, 1.82) is 0 Å². The Kier molecular flexibility index (Phi) is 29.2. The van der Waals surface area contributed by atoms with Gasteiger partial charge < -0.3 is 21.1 Å². The lowest BCUT2D eigenvalue weighted by atomic mass is 10.0. The van der Waals surface area contributed by atoms with Gasteiger partial charge >= 0.3 is 7.82 Å². The molecule has 0 fully saturated rings. The smallest absolute Gasteiger partial charge is 0.391 e. The van der Waals surface area contributed by atoms with E-state index in [1.54, 1.807) is 0 Å². The number of carbonyl (C=O) groups is 1. The summed E-state index contributed by atoms with van der Waals surface area (Å²) < 4.78 is 22.0. The van der Waals surface area contributed by atoms with Gasteiger partial charge in [-0.05, 0) is 12.8 Å². The monoisotopic (exact) mass is 606 g/mol. The van der Waals surface area contributed by atoms with Crippen LogP contribution in [0.5, 0.6) is 0 Å². The van der Waals surface area contributed by atoms with Gasteiger partial charge in [-0.2, -0.15) is 0 Å². The van der Waals surface area contributed by atoms with Crippen LogP contribution in [0.2, 0.25) is 0 Å². The molecule has 0 radical (unpaired) electrons. The maximum Gasteiger partial charge on any atom is 0.472 e. The summed E-state index contributed by atoms with van der Waals surface area (Å²) >= 11 is 0. The molecule has 0 aliphatic heterocycles. The molecule has 0 saturated heterocycles. The maximum absolute atomic E-state index is 12.6. The molecule has 0 rings (SSSR count). The minimum absolute atomic E-state index is 0.0918. The number of aliphatic hydroxyl groups excluding tert-OH is 1. The molecule has 1 unspecified atom stereocenters. The van der Waals surface area contributed by atoms with Gasteiger partial charge in [0, 0.05) is 13.0 Å². The van der Waals surface area contributed by atoms with E-state index in [-0.39, 0.29) is 25.7 Å². The zero-order valence-corrected chi connectivity index (χ0v) is 27.7. The molecule has 0 aliphatic rings. The Morgan fingerprint density at radius 2 is 1.12 bits per heavy atom.